The average molecular weight is 443 g/mol. The lowest BCUT2D eigenvalue weighted by molar-refractivity contribution is 1.51. The van der Waals surface area contributed by atoms with Gasteiger partial charge < -0.3 is 0 Å². The molecule has 0 fully saturated rings. The Kier molecular flexibility index (Phi) is 2.92. The zero-order valence-corrected chi connectivity index (χ0v) is 16.1. The number of hydrogen-bond donors (Lipinski definition) is 0. The van der Waals surface area contributed by atoms with Gasteiger partial charge >= 0.3 is 0 Å². The van der Waals surface area contributed by atoms with Crippen LogP contribution in [0.5, 0.6) is 0 Å². The van der Waals surface area contributed by atoms with Crippen LogP contribution in [0.4, 0.5) is 0 Å². The molecule has 0 bridgehead atoms. The van der Waals surface area contributed by atoms with Gasteiger partial charge in [-0.3, -0.25) is 2.78 Å². The van der Waals surface area contributed by atoms with Crippen LogP contribution in [0, 0.1) is 0 Å². The van der Waals surface area contributed by atoms with E-state index in [1.54, 1.807) is 0 Å². The minimum absolute atomic E-state index is 1.27. The van der Waals surface area contributed by atoms with Crippen LogP contribution < -0.4 is 0 Å². The number of nitrogens with zero attached hydrogens (tertiary/aromatic N) is 1. The van der Waals surface area contributed by atoms with E-state index < -0.39 is 0 Å². The Balaban J connectivity index is 2.08. The summed E-state index contributed by atoms with van der Waals surface area (Å²) in [6, 6.07) is 30.8. The molecule has 6 rings (SSSR count). The van der Waals surface area contributed by atoms with Gasteiger partial charge in [0.15, 0.2) is 0 Å². The van der Waals surface area contributed by atoms with Gasteiger partial charge in [-0.05, 0) is 33.0 Å². The Labute approximate surface area is 164 Å². The van der Waals surface area contributed by atoms with Crippen molar-refractivity contribution in [3.63, 3.8) is 0 Å². The Hall–Kier alpha value is -2.59. The average Bonchev–Trinajstić information content (AvgIpc) is 3.01. The van der Waals surface area contributed by atoms with E-state index in [9.17, 15) is 0 Å². The molecule has 6 aromatic rings. The summed E-state index contributed by atoms with van der Waals surface area (Å²) in [7, 11) is 0. The molecule has 0 atom stereocenters. The first-order valence-corrected chi connectivity index (χ1v) is 9.72. The maximum absolute atomic E-state index is 2.45. The lowest BCUT2D eigenvalue weighted by Gasteiger charge is -2.11. The summed E-state index contributed by atoms with van der Waals surface area (Å²) in [6.45, 7) is 0. The number of hydrogen-bond acceptors (Lipinski definition) is 0. The molecule has 5 aromatic carbocycles. The third kappa shape index (κ3) is 1.75. The predicted molar refractivity (Wildman–Crippen MR) is 121 cm³/mol. The minimum Gasteiger partial charge on any atom is -0.281 e. The van der Waals surface area contributed by atoms with E-state index in [-0.39, 0.29) is 0 Å². The molecule has 0 amide bonds. The molecule has 0 unspecified atom stereocenters. The number of benzene rings is 5. The molecule has 1 nitrogen and oxygen atoms in total. The number of aromatic nitrogens is 1. The number of fused-ring (bicyclic) bond motifs is 10. The molecule has 0 spiro atoms. The van der Waals surface area contributed by atoms with Gasteiger partial charge in [-0.15, -0.1) is 0 Å². The second-order valence-electron chi connectivity index (χ2n) is 6.78. The molecule has 0 aliphatic carbocycles. The first-order valence-electron chi connectivity index (χ1n) is 8.76. The summed E-state index contributed by atoms with van der Waals surface area (Å²) >= 11 is 2.45. The van der Waals surface area contributed by atoms with E-state index in [0.29, 0.717) is 0 Å². The normalized spacial score (nSPS) is 12.0. The largest absolute Gasteiger partial charge is 0.281 e. The fourth-order valence-corrected chi connectivity index (χ4v) is 5.32. The summed E-state index contributed by atoms with van der Waals surface area (Å²) in [5.41, 5.74) is 2.58. The fourth-order valence-electron chi connectivity index (χ4n) is 4.39. The van der Waals surface area contributed by atoms with Crippen LogP contribution in [-0.2, 0) is 0 Å². The third-order valence-corrected chi connectivity index (χ3v) is 6.47. The number of halogens is 1. The number of para-hydroxylation sites is 1. The predicted octanol–water partition coefficient (Wildman–Crippen LogP) is 7.45. The van der Waals surface area contributed by atoms with Crippen LogP contribution >= 0.6 is 22.9 Å². The van der Waals surface area contributed by atoms with Crippen molar-refractivity contribution >= 4 is 77.0 Å². The summed E-state index contributed by atoms with van der Waals surface area (Å²) in [4.78, 5) is 0. The van der Waals surface area contributed by atoms with Gasteiger partial charge in [-0.1, -0.05) is 78.9 Å². The molecule has 0 aliphatic heterocycles. The first-order chi connectivity index (χ1) is 12.8. The zero-order chi connectivity index (χ0) is 17.3. The van der Waals surface area contributed by atoms with Crippen molar-refractivity contribution in [1.29, 1.82) is 0 Å². The van der Waals surface area contributed by atoms with Crippen LogP contribution in [0.15, 0.2) is 84.9 Å². The highest BCUT2D eigenvalue weighted by Crippen LogP contribution is 2.43. The molecule has 1 aromatic heterocycles. The fraction of sp³-hybridized carbons (Fsp3) is 0. The molecule has 0 aliphatic rings. The Morgan fingerprint density at radius 1 is 0.500 bits per heavy atom. The molecule has 2 heteroatoms. The molecule has 0 saturated carbocycles. The van der Waals surface area contributed by atoms with E-state index in [0.717, 1.165) is 0 Å². The molecule has 0 N–H and O–H groups in total. The molecular weight excluding hydrogens is 429 g/mol. The van der Waals surface area contributed by atoms with Crippen molar-refractivity contribution in [2.45, 2.75) is 0 Å². The topological polar surface area (TPSA) is 4.93 Å². The lowest BCUT2D eigenvalue weighted by atomic mass is 9.93. The molecular formula is C24H14IN. The van der Waals surface area contributed by atoms with Gasteiger partial charge in [0.1, 0.15) is 0 Å². The van der Waals surface area contributed by atoms with Gasteiger partial charge in [0.05, 0.1) is 33.9 Å². The second kappa shape index (κ2) is 5.21. The third-order valence-electron chi connectivity index (χ3n) is 5.47. The highest BCUT2D eigenvalue weighted by Gasteiger charge is 2.17. The molecule has 0 radical (unpaired) electrons. The van der Waals surface area contributed by atoms with E-state index in [1.807, 2.05) is 0 Å². The van der Waals surface area contributed by atoms with Crippen LogP contribution in [0.25, 0.3) is 54.1 Å². The Bertz CT molecular complexity index is 1490. The van der Waals surface area contributed by atoms with Crippen molar-refractivity contribution in [2.75, 3.05) is 0 Å². The van der Waals surface area contributed by atoms with Crippen molar-refractivity contribution in [1.82, 2.24) is 2.78 Å². The minimum atomic E-state index is 1.27. The van der Waals surface area contributed by atoms with Crippen LogP contribution in [0.3, 0.4) is 0 Å². The summed E-state index contributed by atoms with van der Waals surface area (Å²) in [6.07, 6.45) is 0. The van der Waals surface area contributed by atoms with E-state index in [2.05, 4.69) is 111 Å². The quantitative estimate of drug-likeness (QED) is 0.170. The van der Waals surface area contributed by atoms with E-state index in [1.165, 1.54) is 54.1 Å². The lowest BCUT2D eigenvalue weighted by Crippen LogP contribution is -1.86. The maximum Gasteiger partial charge on any atom is 0.0675 e. The van der Waals surface area contributed by atoms with E-state index in [4.69, 9.17) is 0 Å². The first kappa shape index (κ1) is 14.6. The maximum atomic E-state index is 2.45. The molecule has 0 saturated heterocycles. The summed E-state index contributed by atoms with van der Waals surface area (Å²) in [5, 5.41) is 10.6. The van der Waals surface area contributed by atoms with Gasteiger partial charge in [-0.2, -0.15) is 0 Å². The number of rotatable bonds is 0. The van der Waals surface area contributed by atoms with Crippen molar-refractivity contribution in [3.8, 4) is 0 Å². The second-order valence-corrected chi connectivity index (χ2v) is 7.74. The van der Waals surface area contributed by atoms with Crippen molar-refractivity contribution < 1.29 is 0 Å². The monoisotopic (exact) mass is 443 g/mol. The van der Waals surface area contributed by atoms with Crippen molar-refractivity contribution in [2.24, 2.45) is 0 Å². The smallest absolute Gasteiger partial charge is 0.0675 e. The highest BCUT2D eigenvalue weighted by atomic mass is 127. The van der Waals surface area contributed by atoms with Gasteiger partial charge in [0, 0.05) is 16.2 Å². The van der Waals surface area contributed by atoms with Crippen LogP contribution in [0.1, 0.15) is 0 Å². The Morgan fingerprint density at radius 2 is 1.12 bits per heavy atom. The van der Waals surface area contributed by atoms with Crippen LogP contribution in [0.2, 0.25) is 0 Å². The molecule has 26 heavy (non-hydrogen) atoms. The molecule has 122 valence electrons. The SMILES string of the molecule is In1c2ccccc2c2c3ccccc3c3c4ccccc4ccc3c21. The van der Waals surface area contributed by atoms with E-state index >= 15 is 0 Å². The van der Waals surface area contributed by atoms with Gasteiger partial charge in [0.2, 0.25) is 0 Å². The molecule has 1 heterocycles. The summed E-state index contributed by atoms with van der Waals surface area (Å²) < 4.78 is 2.33. The van der Waals surface area contributed by atoms with Crippen molar-refractivity contribution in [3.05, 3.63) is 84.9 Å². The Morgan fingerprint density at radius 3 is 1.92 bits per heavy atom. The summed E-state index contributed by atoms with van der Waals surface area (Å²) in [5.74, 6) is 0. The van der Waals surface area contributed by atoms with Crippen LogP contribution in [-0.4, -0.2) is 2.78 Å². The van der Waals surface area contributed by atoms with Gasteiger partial charge in [-0.25, -0.2) is 0 Å². The zero-order valence-electron chi connectivity index (χ0n) is 13.9. The van der Waals surface area contributed by atoms with Gasteiger partial charge in [0.25, 0.3) is 0 Å². The highest BCUT2D eigenvalue weighted by molar-refractivity contribution is 14.1. The standard InChI is InChI=1S/C24H14IN/c25-26-21-12-6-5-11-19(21)23-18-10-4-3-9-17(18)22-16-8-2-1-7-15(16)13-14-20(22)24(23)26/h1-14H.